The van der Waals surface area contributed by atoms with Gasteiger partial charge in [0.2, 0.25) is 0 Å². The number of rotatable bonds is 3. The zero-order valence-corrected chi connectivity index (χ0v) is 11.8. The maximum absolute atomic E-state index is 11.3. The lowest BCUT2D eigenvalue weighted by atomic mass is 10.2. The number of aryl methyl sites for hydroxylation is 2. The molecule has 1 saturated heterocycles. The first kappa shape index (κ1) is 13.4. The summed E-state index contributed by atoms with van der Waals surface area (Å²) in [7, 11) is 1.41. The number of esters is 1. The van der Waals surface area contributed by atoms with Crippen LogP contribution in [0, 0.1) is 0 Å². The molecule has 0 radical (unpaired) electrons. The molecule has 1 aromatic rings. The minimum Gasteiger partial charge on any atom is -0.469 e. The Labute approximate surface area is 118 Å². The highest BCUT2D eigenvalue weighted by Crippen LogP contribution is 2.24. The Kier molecular flexibility index (Phi) is 3.87. The van der Waals surface area contributed by atoms with Gasteiger partial charge in [-0.3, -0.25) is 4.79 Å². The Balaban J connectivity index is 1.69. The van der Waals surface area contributed by atoms with Gasteiger partial charge >= 0.3 is 5.97 Å². The van der Waals surface area contributed by atoms with Crippen molar-refractivity contribution >= 4 is 11.8 Å². The Morgan fingerprint density at radius 3 is 3.25 bits per heavy atom. The molecule has 0 bridgehead atoms. The fraction of sp³-hybridized carbons (Fsp3) is 0.600. The summed E-state index contributed by atoms with van der Waals surface area (Å²) in [6.45, 7) is 2.14. The van der Waals surface area contributed by atoms with E-state index >= 15 is 0 Å². The first-order valence-corrected chi connectivity index (χ1v) is 7.18. The Morgan fingerprint density at radius 1 is 1.50 bits per heavy atom. The van der Waals surface area contributed by atoms with Crippen molar-refractivity contribution in [1.82, 2.24) is 4.98 Å². The molecule has 1 fully saturated rings. The first-order valence-electron chi connectivity index (χ1n) is 7.18. The summed E-state index contributed by atoms with van der Waals surface area (Å²) in [6.07, 6.45) is 3.64. The van der Waals surface area contributed by atoms with Crippen LogP contribution in [0.1, 0.15) is 24.1 Å². The van der Waals surface area contributed by atoms with Crippen molar-refractivity contribution in [3.05, 3.63) is 23.4 Å². The van der Waals surface area contributed by atoms with Crippen molar-refractivity contribution in [1.29, 1.82) is 0 Å². The number of carbonyl (C=O) groups is 1. The van der Waals surface area contributed by atoms with Crippen LogP contribution in [0.5, 0.6) is 0 Å². The topological polar surface area (TPSA) is 51.7 Å². The molecule has 0 spiro atoms. The van der Waals surface area contributed by atoms with E-state index in [-0.39, 0.29) is 12.1 Å². The largest absolute Gasteiger partial charge is 0.469 e. The predicted octanol–water partition coefficient (Wildman–Crippen LogP) is 1.34. The molecule has 1 aliphatic heterocycles. The molecule has 1 aliphatic carbocycles. The van der Waals surface area contributed by atoms with Gasteiger partial charge in [0.25, 0.3) is 0 Å². The predicted molar refractivity (Wildman–Crippen MR) is 74.8 cm³/mol. The molecular formula is C15H20N2O3. The second-order valence-electron chi connectivity index (χ2n) is 5.35. The SMILES string of the molecule is COC(=O)CC1CN(c2ccc3c(n2)CCC3)CCO1. The Hall–Kier alpha value is -1.62. The van der Waals surface area contributed by atoms with Gasteiger partial charge in [-0.05, 0) is 30.9 Å². The van der Waals surface area contributed by atoms with Crippen LogP contribution in [-0.2, 0) is 27.1 Å². The van der Waals surface area contributed by atoms with Crippen LogP contribution in [0.3, 0.4) is 0 Å². The van der Waals surface area contributed by atoms with Crippen LogP contribution in [-0.4, -0.2) is 43.9 Å². The molecule has 2 heterocycles. The van der Waals surface area contributed by atoms with Gasteiger partial charge in [0.1, 0.15) is 5.82 Å². The number of hydrogen-bond acceptors (Lipinski definition) is 5. The Morgan fingerprint density at radius 2 is 2.40 bits per heavy atom. The minimum atomic E-state index is -0.223. The molecule has 20 heavy (non-hydrogen) atoms. The summed E-state index contributed by atoms with van der Waals surface area (Å²) in [5.41, 5.74) is 2.62. The number of hydrogen-bond donors (Lipinski definition) is 0. The molecule has 108 valence electrons. The van der Waals surface area contributed by atoms with Crippen LogP contribution in [0.25, 0.3) is 0 Å². The van der Waals surface area contributed by atoms with E-state index in [9.17, 15) is 4.79 Å². The van der Waals surface area contributed by atoms with Crippen LogP contribution in [0.15, 0.2) is 12.1 Å². The molecule has 0 aromatic carbocycles. The van der Waals surface area contributed by atoms with Crippen molar-refractivity contribution in [2.75, 3.05) is 31.7 Å². The summed E-state index contributed by atoms with van der Waals surface area (Å²) in [5, 5.41) is 0. The molecule has 1 unspecified atom stereocenters. The van der Waals surface area contributed by atoms with Crippen molar-refractivity contribution in [3.8, 4) is 0 Å². The Bertz CT molecular complexity index is 504. The minimum absolute atomic E-state index is 0.105. The number of anilines is 1. The van der Waals surface area contributed by atoms with Crippen molar-refractivity contribution in [3.63, 3.8) is 0 Å². The quantitative estimate of drug-likeness (QED) is 0.780. The number of morpholine rings is 1. The van der Waals surface area contributed by atoms with Gasteiger partial charge in [-0.1, -0.05) is 6.07 Å². The van der Waals surface area contributed by atoms with Crippen molar-refractivity contribution < 1.29 is 14.3 Å². The molecule has 5 nitrogen and oxygen atoms in total. The normalized spacial score (nSPS) is 21.6. The fourth-order valence-electron chi connectivity index (χ4n) is 2.91. The van der Waals surface area contributed by atoms with E-state index in [1.807, 2.05) is 0 Å². The van der Waals surface area contributed by atoms with Gasteiger partial charge in [0, 0.05) is 18.8 Å². The summed E-state index contributed by atoms with van der Waals surface area (Å²) < 4.78 is 10.3. The van der Waals surface area contributed by atoms with E-state index in [2.05, 4.69) is 17.0 Å². The standard InChI is InChI=1S/C15H20N2O3/c1-19-15(18)9-12-10-17(7-8-20-12)14-6-5-11-3-2-4-13(11)16-14/h5-6,12H,2-4,7-10H2,1H3. The molecule has 2 aliphatic rings. The molecule has 0 amide bonds. The highest BCUT2D eigenvalue weighted by Gasteiger charge is 2.25. The van der Waals surface area contributed by atoms with Gasteiger partial charge in [-0.25, -0.2) is 4.98 Å². The highest BCUT2D eigenvalue weighted by atomic mass is 16.5. The number of carbonyl (C=O) groups excluding carboxylic acids is 1. The molecule has 5 heteroatoms. The third-order valence-corrected chi connectivity index (χ3v) is 4.00. The van der Waals surface area contributed by atoms with Gasteiger partial charge in [-0.15, -0.1) is 0 Å². The fourth-order valence-corrected chi connectivity index (χ4v) is 2.91. The zero-order valence-electron chi connectivity index (χ0n) is 11.8. The smallest absolute Gasteiger partial charge is 0.308 e. The number of nitrogens with zero attached hydrogens (tertiary/aromatic N) is 2. The van der Waals surface area contributed by atoms with E-state index < -0.39 is 0 Å². The van der Waals surface area contributed by atoms with Gasteiger partial charge in [0.05, 0.1) is 26.2 Å². The monoisotopic (exact) mass is 276 g/mol. The number of fused-ring (bicyclic) bond motifs is 1. The zero-order chi connectivity index (χ0) is 13.9. The van der Waals surface area contributed by atoms with Crippen LogP contribution in [0.4, 0.5) is 5.82 Å². The maximum Gasteiger partial charge on any atom is 0.308 e. The van der Waals surface area contributed by atoms with Gasteiger partial charge in [-0.2, -0.15) is 0 Å². The molecule has 3 rings (SSSR count). The summed E-state index contributed by atoms with van der Waals surface area (Å²) in [5.74, 6) is 0.780. The van der Waals surface area contributed by atoms with Crippen LogP contribution < -0.4 is 4.90 Å². The summed E-state index contributed by atoms with van der Waals surface area (Å²) >= 11 is 0. The summed E-state index contributed by atoms with van der Waals surface area (Å²) in [4.78, 5) is 18.3. The number of ether oxygens (including phenoxy) is 2. The lowest BCUT2D eigenvalue weighted by Crippen LogP contribution is -2.43. The molecule has 0 saturated carbocycles. The third kappa shape index (κ3) is 2.77. The maximum atomic E-state index is 11.3. The summed E-state index contributed by atoms with van der Waals surface area (Å²) in [6, 6.07) is 4.28. The van der Waals surface area contributed by atoms with E-state index in [4.69, 9.17) is 14.5 Å². The van der Waals surface area contributed by atoms with Gasteiger partial charge < -0.3 is 14.4 Å². The van der Waals surface area contributed by atoms with E-state index in [1.54, 1.807) is 0 Å². The number of aromatic nitrogens is 1. The lowest BCUT2D eigenvalue weighted by Gasteiger charge is -2.33. The van der Waals surface area contributed by atoms with Crippen molar-refractivity contribution in [2.45, 2.75) is 31.8 Å². The molecule has 0 N–H and O–H groups in total. The third-order valence-electron chi connectivity index (χ3n) is 4.00. The second kappa shape index (κ2) is 5.79. The number of methoxy groups -OCH3 is 1. The van der Waals surface area contributed by atoms with E-state index in [1.165, 1.54) is 24.8 Å². The molecule has 1 atom stereocenters. The first-order chi connectivity index (χ1) is 9.76. The van der Waals surface area contributed by atoms with Crippen LogP contribution in [0.2, 0.25) is 0 Å². The van der Waals surface area contributed by atoms with E-state index in [0.717, 1.165) is 25.2 Å². The van der Waals surface area contributed by atoms with Crippen LogP contribution >= 0.6 is 0 Å². The average molecular weight is 276 g/mol. The number of pyridine rings is 1. The van der Waals surface area contributed by atoms with Gasteiger partial charge in [0.15, 0.2) is 0 Å². The van der Waals surface area contributed by atoms with Crippen molar-refractivity contribution in [2.24, 2.45) is 0 Å². The molecular weight excluding hydrogens is 256 g/mol. The molecule has 1 aromatic heterocycles. The second-order valence-corrected chi connectivity index (χ2v) is 5.35. The average Bonchev–Trinajstić information content (AvgIpc) is 2.94. The highest BCUT2D eigenvalue weighted by molar-refractivity contribution is 5.69. The van der Waals surface area contributed by atoms with E-state index in [0.29, 0.717) is 19.6 Å². The lowest BCUT2D eigenvalue weighted by molar-refractivity contribution is -0.144.